The van der Waals surface area contributed by atoms with Crippen molar-refractivity contribution in [1.29, 1.82) is 0 Å². The molecule has 0 spiro atoms. The number of furan rings is 1. The molecule has 3 rings (SSSR count). The third kappa shape index (κ3) is 4.45. The highest BCUT2D eigenvalue weighted by atomic mass is 32.1. The van der Waals surface area contributed by atoms with E-state index in [2.05, 4.69) is 10.6 Å². The summed E-state index contributed by atoms with van der Waals surface area (Å²) < 4.78 is 5.07. The van der Waals surface area contributed by atoms with Gasteiger partial charge >= 0.3 is 0 Å². The normalized spacial score (nSPS) is 11.2. The lowest BCUT2D eigenvalue weighted by Crippen LogP contribution is -2.30. The van der Waals surface area contributed by atoms with Crippen LogP contribution < -0.4 is 10.6 Å². The Kier molecular flexibility index (Phi) is 5.11. The van der Waals surface area contributed by atoms with Crippen molar-refractivity contribution >= 4 is 34.9 Å². The number of carbonyl (C=O) groups excluding carboxylic acids is 2. The number of thiophene rings is 1. The first-order valence-corrected chi connectivity index (χ1v) is 8.48. The predicted octanol–water partition coefficient (Wildman–Crippen LogP) is 4.06. The molecule has 2 heterocycles. The van der Waals surface area contributed by atoms with Gasteiger partial charge < -0.3 is 15.1 Å². The van der Waals surface area contributed by atoms with E-state index in [1.165, 1.54) is 23.7 Å². The smallest absolute Gasteiger partial charge is 0.291 e. The van der Waals surface area contributed by atoms with Gasteiger partial charge in [-0.2, -0.15) is 0 Å². The molecule has 0 fully saturated rings. The maximum atomic E-state index is 12.6. The van der Waals surface area contributed by atoms with Gasteiger partial charge in [0, 0.05) is 10.6 Å². The number of hydrogen-bond acceptors (Lipinski definition) is 4. The van der Waals surface area contributed by atoms with E-state index in [-0.39, 0.29) is 11.5 Å². The van der Waals surface area contributed by atoms with E-state index in [1.807, 2.05) is 48.7 Å². The van der Waals surface area contributed by atoms with Crippen LogP contribution in [-0.4, -0.2) is 11.8 Å². The van der Waals surface area contributed by atoms with E-state index >= 15 is 0 Å². The van der Waals surface area contributed by atoms with Crippen LogP contribution in [-0.2, 0) is 4.79 Å². The molecular formula is C19H16N2O3S. The van der Waals surface area contributed by atoms with Crippen molar-refractivity contribution in [2.45, 2.75) is 6.92 Å². The van der Waals surface area contributed by atoms with Crippen molar-refractivity contribution in [3.63, 3.8) is 0 Å². The number of hydrogen-bond donors (Lipinski definition) is 2. The molecule has 2 amide bonds. The highest BCUT2D eigenvalue weighted by Gasteiger charge is 2.16. The van der Waals surface area contributed by atoms with E-state index < -0.39 is 11.8 Å². The fourth-order valence-corrected chi connectivity index (χ4v) is 2.76. The molecule has 0 radical (unpaired) electrons. The Labute approximate surface area is 149 Å². The van der Waals surface area contributed by atoms with Crippen LogP contribution in [0.25, 0.3) is 6.08 Å². The van der Waals surface area contributed by atoms with Gasteiger partial charge in [0.25, 0.3) is 11.8 Å². The lowest BCUT2D eigenvalue weighted by Gasteiger charge is -2.10. The number of anilines is 1. The van der Waals surface area contributed by atoms with Crippen molar-refractivity contribution < 1.29 is 14.0 Å². The number of carbonyl (C=O) groups is 2. The predicted molar refractivity (Wildman–Crippen MR) is 98.3 cm³/mol. The van der Waals surface area contributed by atoms with Crippen molar-refractivity contribution in [1.82, 2.24) is 5.32 Å². The highest BCUT2D eigenvalue weighted by Crippen LogP contribution is 2.15. The third-order valence-corrected chi connectivity index (χ3v) is 4.20. The average Bonchev–Trinajstić information content (AvgIpc) is 3.29. The Bertz CT molecular complexity index is 879. The van der Waals surface area contributed by atoms with Gasteiger partial charge in [0.2, 0.25) is 0 Å². The van der Waals surface area contributed by atoms with Crippen LogP contribution in [0.4, 0.5) is 5.69 Å². The highest BCUT2D eigenvalue weighted by molar-refractivity contribution is 7.10. The van der Waals surface area contributed by atoms with E-state index in [9.17, 15) is 9.59 Å². The minimum absolute atomic E-state index is 0.139. The molecule has 25 heavy (non-hydrogen) atoms. The standard InChI is InChI=1S/C19H16N2O3S/c1-13-6-8-14(9-7-13)20-18(22)16(12-15-4-3-11-25-15)21-19(23)17-5-2-10-24-17/h2-12H,1H3,(H,20,22)(H,21,23). The molecule has 0 aliphatic carbocycles. The van der Waals surface area contributed by atoms with E-state index in [4.69, 9.17) is 4.42 Å². The molecule has 5 nitrogen and oxygen atoms in total. The van der Waals surface area contributed by atoms with Gasteiger partial charge in [0.05, 0.1) is 6.26 Å². The topological polar surface area (TPSA) is 71.3 Å². The Hall–Kier alpha value is -3.12. The Morgan fingerprint density at radius 3 is 2.52 bits per heavy atom. The monoisotopic (exact) mass is 352 g/mol. The quantitative estimate of drug-likeness (QED) is 0.680. The second kappa shape index (κ2) is 7.63. The summed E-state index contributed by atoms with van der Waals surface area (Å²) in [6.45, 7) is 1.97. The molecule has 0 saturated carbocycles. The number of amides is 2. The van der Waals surface area contributed by atoms with E-state index in [1.54, 1.807) is 12.1 Å². The number of aryl methyl sites for hydroxylation is 1. The van der Waals surface area contributed by atoms with Gasteiger partial charge in [-0.1, -0.05) is 23.8 Å². The van der Waals surface area contributed by atoms with Crippen molar-refractivity contribution in [2.24, 2.45) is 0 Å². The van der Waals surface area contributed by atoms with Crippen molar-refractivity contribution in [2.75, 3.05) is 5.32 Å². The van der Waals surface area contributed by atoms with Crippen molar-refractivity contribution in [3.05, 3.63) is 82.1 Å². The summed E-state index contributed by atoms with van der Waals surface area (Å²) in [7, 11) is 0. The third-order valence-electron chi connectivity index (χ3n) is 3.38. The SMILES string of the molecule is Cc1ccc(NC(=O)C(=Cc2cccs2)NC(=O)c2ccco2)cc1. The second-order valence-electron chi connectivity index (χ2n) is 5.33. The van der Waals surface area contributed by atoms with E-state index in [0.29, 0.717) is 5.69 Å². The zero-order valence-electron chi connectivity index (χ0n) is 13.5. The molecule has 0 saturated heterocycles. The molecule has 0 unspecified atom stereocenters. The Morgan fingerprint density at radius 2 is 1.88 bits per heavy atom. The summed E-state index contributed by atoms with van der Waals surface area (Å²) in [4.78, 5) is 25.7. The Morgan fingerprint density at radius 1 is 1.08 bits per heavy atom. The number of rotatable bonds is 5. The van der Waals surface area contributed by atoms with Gasteiger partial charge in [0.15, 0.2) is 5.76 Å². The first kappa shape index (κ1) is 16.7. The van der Waals surface area contributed by atoms with Gasteiger partial charge in [0.1, 0.15) is 5.70 Å². The summed E-state index contributed by atoms with van der Waals surface area (Å²) in [5, 5.41) is 7.30. The molecule has 0 bridgehead atoms. The zero-order valence-corrected chi connectivity index (χ0v) is 14.3. The zero-order chi connectivity index (χ0) is 17.6. The number of nitrogens with one attached hydrogen (secondary N) is 2. The fourth-order valence-electron chi connectivity index (χ4n) is 2.10. The van der Waals surface area contributed by atoms with E-state index in [0.717, 1.165) is 10.4 Å². The molecule has 2 aromatic heterocycles. The summed E-state index contributed by atoms with van der Waals surface area (Å²) in [6, 6.07) is 14.3. The maximum absolute atomic E-state index is 12.6. The Balaban J connectivity index is 1.81. The fraction of sp³-hybridized carbons (Fsp3) is 0.0526. The molecule has 126 valence electrons. The summed E-state index contributed by atoms with van der Waals surface area (Å²) in [6.07, 6.45) is 3.04. The average molecular weight is 352 g/mol. The molecule has 3 aromatic rings. The molecular weight excluding hydrogens is 336 g/mol. The second-order valence-corrected chi connectivity index (χ2v) is 6.30. The molecule has 0 aliphatic heterocycles. The van der Waals surface area contributed by atoms with Gasteiger partial charge in [-0.15, -0.1) is 11.3 Å². The largest absolute Gasteiger partial charge is 0.459 e. The van der Waals surface area contributed by atoms with Crippen LogP contribution in [0.2, 0.25) is 0 Å². The summed E-state index contributed by atoms with van der Waals surface area (Å²) >= 11 is 1.47. The first-order valence-electron chi connectivity index (χ1n) is 7.60. The summed E-state index contributed by atoms with van der Waals surface area (Å²) in [5.41, 5.74) is 1.89. The van der Waals surface area contributed by atoms with Gasteiger partial charge in [-0.05, 0) is 48.7 Å². The first-order chi connectivity index (χ1) is 12.1. The van der Waals surface area contributed by atoms with Gasteiger partial charge in [-0.25, -0.2) is 0 Å². The van der Waals surface area contributed by atoms with Crippen LogP contribution in [0.15, 0.2) is 70.3 Å². The van der Waals surface area contributed by atoms with Crippen LogP contribution in [0.5, 0.6) is 0 Å². The number of benzene rings is 1. The molecule has 2 N–H and O–H groups in total. The molecule has 0 aliphatic rings. The van der Waals surface area contributed by atoms with Crippen LogP contribution in [0.1, 0.15) is 21.0 Å². The minimum atomic E-state index is -0.480. The van der Waals surface area contributed by atoms with Gasteiger partial charge in [-0.3, -0.25) is 9.59 Å². The van der Waals surface area contributed by atoms with Crippen molar-refractivity contribution in [3.8, 4) is 0 Å². The lowest BCUT2D eigenvalue weighted by molar-refractivity contribution is -0.113. The lowest BCUT2D eigenvalue weighted by atomic mass is 10.2. The molecule has 6 heteroatoms. The maximum Gasteiger partial charge on any atom is 0.291 e. The van der Waals surface area contributed by atoms with Crippen LogP contribution in [0.3, 0.4) is 0 Å². The summed E-state index contributed by atoms with van der Waals surface area (Å²) in [5.74, 6) is -0.746. The molecule has 0 atom stereocenters. The van der Waals surface area contributed by atoms with Crippen LogP contribution in [0, 0.1) is 6.92 Å². The van der Waals surface area contributed by atoms with Crippen LogP contribution >= 0.6 is 11.3 Å². The minimum Gasteiger partial charge on any atom is -0.459 e. The molecule has 1 aromatic carbocycles.